The molecule has 0 aliphatic rings. The van der Waals surface area contributed by atoms with Crippen LogP contribution in [0.1, 0.15) is 26.7 Å². The molecule has 0 rings (SSSR count). The maximum atomic E-state index is 5.18. The molecule has 0 aliphatic heterocycles. The average molecular weight is 246 g/mol. The second-order valence-corrected chi connectivity index (χ2v) is 4.42. The summed E-state index contributed by atoms with van der Waals surface area (Å²) in [5.41, 5.74) is 0. The van der Waals surface area contributed by atoms with E-state index in [4.69, 9.17) is 9.47 Å². The first-order valence-electron chi connectivity index (χ1n) is 6.60. The summed E-state index contributed by atoms with van der Waals surface area (Å²) in [6.45, 7) is 8.18. The monoisotopic (exact) mass is 246 g/mol. The Morgan fingerprint density at radius 2 is 1.76 bits per heavy atom. The van der Waals surface area contributed by atoms with E-state index in [0.29, 0.717) is 12.1 Å². The highest BCUT2D eigenvalue weighted by atomic mass is 16.5. The van der Waals surface area contributed by atoms with Gasteiger partial charge in [0.1, 0.15) is 0 Å². The summed E-state index contributed by atoms with van der Waals surface area (Å²) in [6, 6.07) is 1.06. The van der Waals surface area contributed by atoms with Gasteiger partial charge >= 0.3 is 0 Å². The van der Waals surface area contributed by atoms with Gasteiger partial charge in [-0.15, -0.1) is 0 Å². The SMILES string of the molecule is CCC(NC)C(C)N(CCCOC)CCOC. The minimum Gasteiger partial charge on any atom is -0.385 e. The van der Waals surface area contributed by atoms with Crippen LogP contribution in [-0.2, 0) is 9.47 Å². The molecule has 0 heterocycles. The zero-order valence-electron chi connectivity index (χ0n) is 12.2. The zero-order valence-corrected chi connectivity index (χ0v) is 12.2. The smallest absolute Gasteiger partial charge is 0.0589 e. The Labute approximate surface area is 107 Å². The number of ether oxygens (including phenoxy) is 2. The molecule has 2 atom stereocenters. The van der Waals surface area contributed by atoms with Crippen molar-refractivity contribution in [1.82, 2.24) is 10.2 Å². The quantitative estimate of drug-likeness (QED) is 0.558. The predicted octanol–water partition coefficient (Wildman–Crippen LogP) is 1.36. The molecule has 104 valence electrons. The summed E-state index contributed by atoms with van der Waals surface area (Å²) in [4.78, 5) is 2.48. The normalized spacial score (nSPS) is 15.2. The molecule has 0 fully saturated rings. The summed E-state index contributed by atoms with van der Waals surface area (Å²) in [6.07, 6.45) is 2.22. The van der Waals surface area contributed by atoms with E-state index in [1.54, 1.807) is 14.2 Å². The van der Waals surface area contributed by atoms with Gasteiger partial charge < -0.3 is 14.8 Å². The highest BCUT2D eigenvalue weighted by Crippen LogP contribution is 2.08. The summed E-state index contributed by atoms with van der Waals surface area (Å²) in [5.74, 6) is 0. The number of hydrogen-bond acceptors (Lipinski definition) is 4. The lowest BCUT2D eigenvalue weighted by molar-refractivity contribution is 0.0973. The van der Waals surface area contributed by atoms with E-state index >= 15 is 0 Å². The van der Waals surface area contributed by atoms with Crippen LogP contribution < -0.4 is 5.32 Å². The van der Waals surface area contributed by atoms with Crippen molar-refractivity contribution >= 4 is 0 Å². The third-order valence-electron chi connectivity index (χ3n) is 3.35. The number of likely N-dealkylation sites (N-methyl/N-ethyl adjacent to an activating group) is 1. The molecule has 0 saturated carbocycles. The van der Waals surface area contributed by atoms with Crippen LogP contribution in [0.3, 0.4) is 0 Å². The fraction of sp³-hybridized carbons (Fsp3) is 1.00. The van der Waals surface area contributed by atoms with Gasteiger partial charge in [0.05, 0.1) is 6.61 Å². The van der Waals surface area contributed by atoms with Gasteiger partial charge in [0.15, 0.2) is 0 Å². The molecule has 0 saturated heterocycles. The van der Waals surface area contributed by atoms with Crippen molar-refractivity contribution in [2.24, 2.45) is 0 Å². The summed E-state index contributed by atoms with van der Waals surface area (Å²) in [5, 5.41) is 3.39. The molecule has 4 nitrogen and oxygen atoms in total. The van der Waals surface area contributed by atoms with E-state index in [1.807, 2.05) is 7.05 Å². The highest BCUT2D eigenvalue weighted by molar-refractivity contribution is 4.79. The van der Waals surface area contributed by atoms with Crippen molar-refractivity contribution in [1.29, 1.82) is 0 Å². The lowest BCUT2D eigenvalue weighted by Gasteiger charge is -2.34. The first kappa shape index (κ1) is 16.8. The molecule has 1 N–H and O–H groups in total. The van der Waals surface area contributed by atoms with Gasteiger partial charge in [0.25, 0.3) is 0 Å². The second kappa shape index (κ2) is 11.0. The fourth-order valence-corrected chi connectivity index (χ4v) is 2.18. The molecule has 2 unspecified atom stereocenters. The molecule has 17 heavy (non-hydrogen) atoms. The first-order chi connectivity index (χ1) is 8.21. The lowest BCUT2D eigenvalue weighted by Crippen LogP contribution is -2.48. The van der Waals surface area contributed by atoms with Crippen LogP contribution in [0.4, 0.5) is 0 Å². The van der Waals surface area contributed by atoms with Crippen molar-refractivity contribution in [3.8, 4) is 0 Å². The van der Waals surface area contributed by atoms with Crippen LogP contribution >= 0.6 is 0 Å². The fourth-order valence-electron chi connectivity index (χ4n) is 2.18. The van der Waals surface area contributed by atoms with E-state index in [1.165, 1.54) is 0 Å². The van der Waals surface area contributed by atoms with Crippen molar-refractivity contribution in [3.63, 3.8) is 0 Å². The summed E-state index contributed by atoms with van der Waals surface area (Å²) in [7, 11) is 5.55. The lowest BCUT2D eigenvalue weighted by atomic mass is 10.1. The van der Waals surface area contributed by atoms with Crippen LogP contribution in [0.15, 0.2) is 0 Å². The summed E-state index contributed by atoms with van der Waals surface area (Å²) >= 11 is 0. The topological polar surface area (TPSA) is 33.7 Å². The molecule has 0 bridgehead atoms. The number of methoxy groups -OCH3 is 2. The molecule has 0 amide bonds. The van der Waals surface area contributed by atoms with Gasteiger partial charge in [0, 0.05) is 46.0 Å². The number of rotatable bonds is 11. The molecule has 0 spiro atoms. The van der Waals surface area contributed by atoms with Crippen LogP contribution in [0.25, 0.3) is 0 Å². The van der Waals surface area contributed by atoms with Crippen molar-refractivity contribution in [2.75, 3.05) is 47.6 Å². The van der Waals surface area contributed by atoms with Gasteiger partial charge in [-0.05, 0) is 26.8 Å². The minimum atomic E-state index is 0.525. The molecule has 0 aromatic heterocycles. The van der Waals surface area contributed by atoms with Gasteiger partial charge in [-0.2, -0.15) is 0 Å². The van der Waals surface area contributed by atoms with Crippen LogP contribution in [-0.4, -0.2) is 64.6 Å². The van der Waals surface area contributed by atoms with Gasteiger partial charge in [0.2, 0.25) is 0 Å². The minimum absolute atomic E-state index is 0.525. The van der Waals surface area contributed by atoms with Crippen molar-refractivity contribution < 1.29 is 9.47 Å². The third-order valence-corrected chi connectivity index (χ3v) is 3.35. The Balaban J connectivity index is 4.21. The van der Waals surface area contributed by atoms with Crippen LogP contribution in [0, 0.1) is 0 Å². The highest BCUT2D eigenvalue weighted by Gasteiger charge is 2.20. The molecule has 0 radical (unpaired) electrons. The average Bonchev–Trinajstić information content (AvgIpc) is 2.35. The predicted molar refractivity (Wildman–Crippen MR) is 72.5 cm³/mol. The number of hydrogen-bond donors (Lipinski definition) is 1. The van der Waals surface area contributed by atoms with E-state index < -0.39 is 0 Å². The largest absolute Gasteiger partial charge is 0.385 e. The van der Waals surface area contributed by atoms with E-state index in [0.717, 1.165) is 39.1 Å². The Bertz CT molecular complexity index is 163. The first-order valence-corrected chi connectivity index (χ1v) is 6.60. The van der Waals surface area contributed by atoms with Crippen molar-refractivity contribution in [3.05, 3.63) is 0 Å². The maximum absolute atomic E-state index is 5.18. The maximum Gasteiger partial charge on any atom is 0.0589 e. The third kappa shape index (κ3) is 6.99. The summed E-state index contributed by atoms with van der Waals surface area (Å²) < 4.78 is 10.3. The Kier molecular flexibility index (Phi) is 10.9. The number of nitrogens with one attached hydrogen (secondary N) is 1. The standard InChI is InChI=1S/C13H30N2O2/c1-6-13(14-3)12(2)15(9-11-17-5)8-7-10-16-4/h12-14H,6-11H2,1-5H3. The van der Waals surface area contributed by atoms with E-state index in [9.17, 15) is 0 Å². The van der Waals surface area contributed by atoms with Gasteiger partial charge in [-0.3, -0.25) is 4.90 Å². The molecule has 0 aromatic carbocycles. The van der Waals surface area contributed by atoms with E-state index in [-0.39, 0.29) is 0 Å². The molecule has 0 aliphatic carbocycles. The van der Waals surface area contributed by atoms with Crippen molar-refractivity contribution in [2.45, 2.75) is 38.8 Å². The Hall–Kier alpha value is -0.160. The second-order valence-electron chi connectivity index (χ2n) is 4.42. The zero-order chi connectivity index (χ0) is 13.1. The molecular weight excluding hydrogens is 216 g/mol. The van der Waals surface area contributed by atoms with Crippen LogP contribution in [0.2, 0.25) is 0 Å². The molecule has 4 heteroatoms. The molecular formula is C13H30N2O2. The van der Waals surface area contributed by atoms with Gasteiger partial charge in [-0.25, -0.2) is 0 Å². The van der Waals surface area contributed by atoms with Gasteiger partial charge in [-0.1, -0.05) is 6.92 Å². The number of nitrogens with zero attached hydrogens (tertiary/aromatic N) is 1. The molecule has 0 aromatic rings. The Morgan fingerprint density at radius 3 is 2.24 bits per heavy atom. The van der Waals surface area contributed by atoms with Crippen LogP contribution in [0.5, 0.6) is 0 Å². The Morgan fingerprint density at radius 1 is 1.12 bits per heavy atom. The van der Waals surface area contributed by atoms with E-state index in [2.05, 4.69) is 24.1 Å².